The van der Waals surface area contributed by atoms with Gasteiger partial charge in [0.2, 0.25) is 0 Å². The van der Waals surface area contributed by atoms with Crippen LogP contribution in [0.5, 0.6) is 0 Å². The van der Waals surface area contributed by atoms with Crippen LogP contribution in [0.4, 0.5) is 5.69 Å². The second kappa shape index (κ2) is 5.27. The Morgan fingerprint density at radius 2 is 1.88 bits per heavy atom. The van der Waals surface area contributed by atoms with E-state index in [9.17, 15) is 9.59 Å². The van der Waals surface area contributed by atoms with E-state index in [0.29, 0.717) is 11.3 Å². The summed E-state index contributed by atoms with van der Waals surface area (Å²) in [5.74, 6) is -1.18. The van der Waals surface area contributed by atoms with E-state index in [2.05, 4.69) is 5.32 Å². The molecule has 0 bridgehead atoms. The highest BCUT2D eigenvalue weighted by Crippen LogP contribution is 2.11. The van der Waals surface area contributed by atoms with Gasteiger partial charge in [0.15, 0.2) is 5.78 Å². The molecule has 1 aromatic carbocycles. The molecule has 5 nitrogen and oxygen atoms in total. The van der Waals surface area contributed by atoms with Crippen molar-refractivity contribution in [3.8, 4) is 0 Å². The lowest BCUT2D eigenvalue weighted by Crippen LogP contribution is -2.32. The van der Waals surface area contributed by atoms with Gasteiger partial charge in [-0.15, -0.1) is 0 Å². The molecule has 0 aliphatic heterocycles. The monoisotopic (exact) mass is 223 g/mol. The highest BCUT2D eigenvalue weighted by molar-refractivity contribution is 5.94. The zero-order chi connectivity index (χ0) is 12.1. The van der Waals surface area contributed by atoms with Crippen LogP contribution in [-0.2, 0) is 4.79 Å². The maximum Gasteiger partial charge on any atom is 0.328 e. The van der Waals surface area contributed by atoms with Crippen molar-refractivity contribution in [2.75, 3.05) is 11.9 Å². The first-order valence-electron chi connectivity index (χ1n) is 4.76. The lowest BCUT2D eigenvalue weighted by atomic mass is 10.1. The van der Waals surface area contributed by atoms with Crippen LogP contribution in [0.2, 0.25) is 0 Å². The summed E-state index contributed by atoms with van der Waals surface area (Å²) in [4.78, 5) is 21.6. The number of benzene rings is 1. The van der Waals surface area contributed by atoms with Gasteiger partial charge < -0.3 is 15.5 Å². The molecule has 1 unspecified atom stereocenters. The SMILES string of the molecule is CC(=O)c1ccc(NC(CO)C(=O)O)cc1. The van der Waals surface area contributed by atoms with Gasteiger partial charge in [-0.05, 0) is 31.2 Å². The van der Waals surface area contributed by atoms with Crippen LogP contribution in [0.3, 0.4) is 0 Å². The van der Waals surface area contributed by atoms with Crippen LogP contribution in [0.1, 0.15) is 17.3 Å². The van der Waals surface area contributed by atoms with Crippen LogP contribution in [-0.4, -0.2) is 34.6 Å². The maximum atomic E-state index is 11.0. The lowest BCUT2D eigenvalue weighted by molar-refractivity contribution is -0.138. The number of anilines is 1. The highest BCUT2D eigenvalue weighted by Gasteiger charge is 2.15. The maximum absolute atomic E-state index is 11.0. The molecule has 1 atom stereocenters. The summed E-state index contributed by atoms with van der Waals surface area (Å²) in [5.41, 5.74) is 1.10. The van der Waals surface area contributed by atoms with E-state index in [1.807, 2.05) is 0 Å². The van der Waals surface area contributed by atoms with E-state index in [-0.39, 0.29) is 5.78 Å². The number of aliphatic hydroxyl groups excluding tert-OH is 1. The lowest BCUT2D eigenvalue weighted by Gasteiger charge is -2.12. The van der Waals surface area contributed by atoms with Crippen molar-refractivity contribution in [1.82, 2.24) is 0 Å². The number of hydrogen-bond acceptors (Lipinski definition) is 4. The fourth-order valence-electron chi connectivity index (χ4n) is 1.19. The third-order valence-corrected chi connectivity index (χ3v) is 2.11. The molecule has 1 aromatic rings. The van der Waals surface area contributed by atoms with Crippen LogP contribution >= 0.6 is 0 Å². The first-order valence-corrected chi connectivity index (χ1v) is 4.76. The van der Waals surface area contributed by atoms with Gasteiger partial charge in [-0.1, -0.05) is 0 Å². The van der Waals surface area contributed by atoms with E-state index in [4.69, 9.17) is 10.2 Å². The minimum atomic E-state index is -1.13. The van der Waals surface area contributed by atoms with Crippen LogP contribution in [0, 0.1) is 0 Å². The summed E-state index contributed by atoms with van der Waals surface area (Å²) in [6, 6.07) is 5.36. The number of nitrogens with one attached hydrogen (secondary N) is 1. The summed E-state index contributed by atoms with van der Waals surface area (Å²) in [6.45, 7) is 0.958. The average molecular weight is 223 g/mol. The Morgan fingerprint density at radius 1 is 1.31 bits per heavy atom. The number of Topliss-reactive ketones (excluding diaryl/α,β-unsaturated/α-hetero) is 1. The molecular weight excluding hydrogens is 210 g/mol. The molecule has 0 aliphatic rings. The molecule has 0 saturated heterocycles. The Bertz CT molecular complexity index is 385. The van der Waals surface area contributed by atoms with E-state index in [1.165, 1.54) is 6.92 Å². The van der Waals surface area contributed by atoms with Gasteiger partial charge in [0.05, 0.1) is 6.61 Å². The Kier molecular flexibility index (Phi) is 4.02. The van der Waals surface area contributed by atoms with Gasteiger partial charge in [-0.2, -0.15) is 0 Å². The van der Waals surface area contributed by atoms with Crippen molar-refractivity contribution < 1.29 is 19.8 Å². The molecule has 0 saturated carbocycles. The van der Waals surface area contributed by atoms with Crippen molar-refractivity contribution in [3.63, 3.8) is 0 Å². The van der Waals surface area contributed by atoms with Crippen molar-refractivity contribution in [2.24, 2.45) is 0 Å². The standard InChI is InChI=1S/C11H13NO4/c1-7(14)8-2-4-9(5-3-8)12-10(6-13)11(15)16/h2-5,10,12-13H,6H2,1H3,(H,15,16). The summed E-state index contributed by atoms with van der Waals surface area (Å²) in [5, 5.41) is 20.1. The third-order valence-electron chi connectivity index (χ3n) is 2.11. The fourth-order valence-corrected chi connectivity index (χ4v) is 1.19. The molecular formula is C11H13NO4. The smallest absolute Gasteiger partial charge is 0.328 e. The Hall–Kier alpha value is -1.88. The fraction of sp³-hybridized carbons (Fsp3) is 0.273. The normalized spacial score (nSPS) is 11.9. The molecule has 3 N–H and O–H groups in total. The number of carbonyl (C=O) groups is 2. The second-order valence-corrected chi connectivity index (χ2v) is 3.35. The molecule has 86 valence electrons. The Balaban J connectivity index is 2.75. The zero-order valence-electron chi connectivity index (χ0n) is 8.80. The predicted molar refractivity (Wildman–Crippen MR) is 58.6 cm³/mol. The number of ketones is 1. The molecule has 0 aromatic heterocycles. The molecule has 16 heavy (non-hydrogen) atoms. The summed E-state index contributed by atoms with van der Waals surface area (Å²) in [6.07, 6.45) is 0. The van der Waals surface area contributed by atoms with E-state index in [0.717, 1.165) is 0 Å². The van der Waals surface area contributed by atoms with Crippen molar-refractivity contribution in [3.05, 3.63) is 29.8 Å². The molecule has 5 heteroatoms. The van der Waals surface area contributed by atoms with Crippen LogP contribution < -0.4 is 5.32 Å². The van der Waals surface area contributed by atoms with E-state index >= 15 is 0 Å². The second-order valence-electron chi connectivity index (χ2n) is 3.35. The molecule has 0 radical (unpaired) electrons. The molecule has 1 rings (SSSR count). The number of carbonyl (C=O) groups excluding carboxylic acids is 1. The number of carboxylic acid groups (broad SMARTS) is 1. The molecule has 0 aliphatic carbocycles. The van der Waals surface area contributed by atoms with Crippen molar-refractivity contribution in [2.45, 2.75) is 13.0 Å². The van der Waals surface area contributed by atoms with Gasteiger partial charge in [0.25, 0.3) is 0 Å². The topological polar surface area (TPSA) is 86.6 Å². The largest absolute Gasteiger partial charge is 0.480 e. The van der Waals surface area contributed by atoms with Crippen molar-refractivity contribution in [1.29, 1.82) is 0 Å². The van der Waals surface area contributed by atoms with Gasteiger partial charge in [0.1, 0.15) is 6.04 Å². The summed E-state index contributed by atoms with van der Waals surface area (Å²) < 4.78 is 0. The minimum Gasteiger partial charge on any atom is -0.480 e. The number of carboxylic acids is 1. The highest BCUT2D eigenvalue weighted by atomic mass is 16.4. The average Bonchev–Trinajstić information content (AvgIpc) is 2.26. The number of aliphatic hydroxyl groups is 1. The summed E-state index contributed by atoms with van der Waals surface area (Å²) >= 11 is 0. The number of hydrogen-bond donors (Lipinski definition) is 3. The number of rotatable bonds is 5. The Labute approximate surface area is 92.7 Å². The molecule has 0 spiro atoms. The zero-order valence-corrected chi connectivity index (χ0v) is 8.80. The number of aliphatic carboxylic acids is 1. The van der Waals surface area contributed by atoms with E-state index in [1.54, 1.807) is 24.3 Å². The Morgan fingerprint density at radius 3 is 2.25 bits per heavy atom. The van der Waals surface area contributed by atoms with Gasteiger partial charge in [-0.25, -0.2) is 4.79 Å². The summed E-state index contributed by atoms with van der Waals surface area (Å²) in [7, 11) is 0. The van der Waals surface area contributed by atoms with Gasteiger partial charge >= 0.3 is 5.97 Å². The van der Waals surface area contributed by atoms with Gasteiger partial charge in [-0.3, -0.25) is 4.79 Å². The van der Waals surface area contributed by atoms with Crippen LogP contribution in [0.25, 0.3) is 0 Å². The minimum absolute atomic E-state index is 0.0523. The van der Waals surface area contributed by atoms with Crippen LogP contribution in [0.15, 0.2) is 24.3 Å². The quantitative estimate of drug-likeness (QED) is 0.641. The molecule has 0 fully saturated rings. The van der Waals surface area contributed by atoms with E-state index < -0.39 is 18.6 Å². The first kappa shape index (κ1) is 12.2. The predicted octanol–water partition coefficient (Wildman–Crippen LogP) is 0.747. The molecule has 0 amide bonds. The molecule has 0 heterocycles. The first-order chi connectivity index (χ1) is 7.54. The van der Waals surface area contributed by atoms with Gasteiger partial charge in [0, 0.05) is 11.3 Å². The third kappa shape index (κ3) is 3.06. The van der Waals surface area contributed by atoms with Crippen molar-refractivity contribution >= 4 is 17.4 Å².